The minimum atomic E-state index is -3.68. The lowest BCUT2D eigenvalue weighted by Crippen LogP contribution is -3.05. The first-order valence-electron chi connectivity index (χ1n) is 8.96. The molecule has 7 heteroatoms. The number of carbonyl (C=O) groups is 1. The molecule has 0 radical (unpaired) electrons. The van der Waals surface area contributed by atoms with Gasteiger partial charge in [0.2, 0.25) is 0 Å². The molecule has 0 spiro atoms. The van der Waals surface area contributed by atoms with Crippen LogP contribution in [0.15, 0.2) is 47.4 Å². The molecule has 0 aliphatic heterocycles. The number of carbonyl (C=O) groups excluding carboxylic acids is 1. The topological polar surface area (TPSA) is 79.7 Å². The maximum absolute atomic E-state index is 12.6. The molecule has 146 valence electrons. The van der Waals surface area contributed by atoms with Crippen LogP contribution in [0, 0.1) is 13.8 Å². The smallest absolute Gasteiger partial charge is 0.262 e. The predicted molar refractivity (Wildman–Crippen MR) is 108 cm³/mol. The van der Waals surface area contributed by atoms with Gasteiger partial charge in [0.1, 0.15) is 0 Å². The van der Waals surface area contributed by atoms with E-state index < -0.39 is 10.0 Å². The van der Waals surface area contributed by atoms with Gasteiger partial charge >= 0.3 is 0 Å². The van der Waals surface area contributed by atoms with Crippen molar-refractivity contribution in [2.75, 3.05) is 31.9 Å². The Morgan fingerprint density at radius 2 is 1.70 bits per heavy atom. The lowest BCUT2D eigenvalue weighted by atomic mass is 10.2. The summed E-state index contributed by atoms with van der Waals surface area (Å²) in [5.74, 6) is -0.160. The lowest BCUT2D eigenvalue weighted by molar-refractivity contribution is -0.858. The Morgan fingerprint density at radius 3 is 2.33 bits per heavy atom. The second-order valence-corrected chi connectivity index (χ2v) is 8.67. The lowest BCUT2D eigenvalue weighted by Gasteiger charge is -2.12. The molecule has 0 atom stereocenters. The Labute approximate surface area is 161 Å². The van der Waals surface area contributed by atoms with Crippen LogP contribution in [-0.4, -0.2) is 41.5 Å². The zero-order valence-electron chi connectivity index (χ0n) is 16.3. The minimum absolute atomic E-state index is 0.160. The summed E-state index contributed by atoms with van der Waals surface area (Å²) in [4.78, 5) is 13.7. The Hall–Kier alpha value is -2.38. The highest BCUT2D eigenvalue weighted by Crippen LogP contribution is 2.21. The molecular formula is C20H28N3O3S+. The molecule has 1 amide bonds. The van der Waals surface area contributed by atoms with Crippen molar-refractivity contribution in [1.29, 1.82) is 0 Å². The van der Waals surface area contributed by atoms with Gasteiger partial charge in [0.05, 0.1) is 25.5 Å². The molecule has 2 rings (SSSR count). The highest BCUT2D eigenvalue weighted by molar-refractivity contribution is 7.92. The van der Waals surface area contributed by atoms with E-state index in [0.29, 0.717) is 23.4 Å². The largest absolute Gasteiger partial charge is 0.352 e. The van der Waals surface area contributed by atoms with Crippen molar-refractivity contribution in [3.63, 3.8) is 0 Å². The summed E-state index contributed by atoms with van der Waals surface area (Å²) in [7, 11) is 0.460. The van der Waals surface area contributed by atoms with Gasteiger partial charge in [-0.2, -0.15) is 0 Å². The second kappa shape index (κ2) is 9.01. The first-order chi connectivity index (χ1) is 12.7. The van der Waals surface area contributed by atoms with E-state index in [1.54, 1.807) is 43.3 Å². The third-order valence-corrected chi connectivity index (χ3v) is 5.69. The quantitative estimate of drug-likeness (QED) is 0.596. The molecule has 0 bridgehead atoms. The van der Waals surface area contributed by atoms with Crippen molar-refractivity contribution in [2.24, 2.45) is 0 Å². The predicted octanol–water partition coefficient (Wildman–Crippen LogP) is 1.37. The molecule has 0 aliphatic carbocycles. The summed E-state index contributed by atoms with van der Waals surface area (Å²) in [6, 6.07) is 11.7. The molecular weight excluding hydrogens is 362 g/mol. The minimum Gasteiger partial charge on any atom is -0.352 e. The van der Waals surface area contributed by atoms with Gasteiger partial charge in [-0.3, -0.25) is 9.52 Å². The fraction of sp³-hybridized carbons (Fsp3) is 0.350. The summed E-state index contributed by atoms with van der Waals surface area (Å²) < 4.78 is 27.8. The number of aryl methyl sites for hydroxylation is 2. The summed E-state index contributed by atoms with van der Waals surface area (Å²) in [5.41, 5.74) is 2.48. The molecule has 0 fully saturated rings. The van der Waals surface area contributed by atoms with Crippen LogP contribution in [0.1, 0.15) is 27.9 Å². The second-order valence-electron chi connectivity index (χ2n) is 7.02. The van der Waals surface area contributed by atoms with E-state index in [4.69, 9.17) is 0 Å². The Morgan fingerprint density at radius 1 is 1.04 bits per heavy atom. The number of sulfonamides is 1. The normalized spacial score (nSPS) is 11.4. The van der Waals surface area contributed by atoms with Gasteiger partial charge in [-0.1, -0.05) is 12.1 Å². The van der Waals surface area contributed by atoms with Crippen LogP contribution in [0.2, 0.25) is 0 Å². The molecule has 2 aromatic rings. The fourth-order valence-corrected chi connectivity index (χ4v) is 4.03. The van der Waals surface area contributed by atoms with E-state index in [9.17, 15) is 13.2 Å². The zero-order valence-corrected chi connectivity index (χ0v) is 17.1. The molecule has 0 aliphatic rings. The van der Waals surface area contributed by atoms with E-state index >= 15 is 0 Å². The van der Waals surface area contributed by atoms with Crippen LogP contribution in [0.5, 0.6) is 0 Å². The average molecular weight is 391 g/mol. The van der Waals surface area contributed by atoms with Crippen molar-refractivity contribution in [3.05, 3.63) is 59.2 Å². The van der Waals surface area contributed by atoms with Crippen molar-refractivity contribution >= 4 is 21.6 Å². The Bertz CT molecular complexity index is 891. The highest BCUT2D eigenvalue weighted by Gasteiger charge is 2.17. The van der Waals surface area contributed by atoms with Gasteiger partial charge in [0, 0.05) is 24.2 Å². The molecule has 0 saturated heterocycles. The number of hydrogen-bond acceptors (Lipinski definition) is 3. The first kappa shape index (κ1) is 20.9. The Balaban J connectivity index is 2.02. The molecule has 3 N–H and O–H groups in total. The number of rotatable bonds is 8. The van der Waals surface area contributed by atoms with Crippen LogP contribution in [0.25, 0.3) is 0 Å². The van der Waals surface area contributed by atoms with Crippen LogP contribution >= 0.6 is 0 Å². The summed E-state index contributed by atoms with van der Waals surface area (Å²) in [6.07, 6.45) is 0.905. The maximum atomic E-state index is 12.6. The third kappa shape index (κ3) is 6.08. The van der Waals surface area contributed by atoms with Crippen LogP contribution < -0.4 is 14.9 Å². The van der Waals surface area contributed by atoms with Crippen LogP contribution in [0.4, 0.5) is 5.69 Å². The molecule has 6 nitrogen and oxygen atoms in total. The van der Waals surface area contributed by atoms with Crippen LogP contribution in [0.3, 0.4) is 0 Å². The van der Waals surface area contributed by atoms with Gasteiger partial charge in [-0.05, 0) is 55.3 Å². The summed E-state index contributed by atoms with van der Waals surface area (Å²) in [5, 5.41) is 2.87. The van der Waals surface area contributed by atoms with E-state index in [1.807, 2.05) is 13.0 Å². The molecule has 0 heterocycles. The van der Waals surface area contributed by atoms with Gasteiger partial charge in [0.25, 0.3) is 15.9 Å². The van der Waals surface area contributed by atoms with Gasteiger partial charge < -0.3 is 10.2 Å². The first-order valence-corrected chi connectivity index (χ1v) is 10.4. The summed E-state index contributed by atoms with van der Waals surface area (Å²) in [6.45, 7) is 5.22. The fourth-order valence-electron chi connectivity index (χ4n) is 2.64. The molecule has 0 unspecified atom stereocenters. The summed E-state index contributed by atoms with van der Waals surface area (Å²) >= 11 is 0. The van der Waals surface area contributed by atoms with Gasteiger partial charge in [-0.15, -0.1) is 0 Å². The maximum Gasteiger partial charge on any atom is 0.262 e. The van der Waals surface area contributed by atoms with E-state index in [-0.39, 0.29) is 10.8 Å². The van der Waals surface area contributed by atoms with E-state index in [2.05, 4.69) is 24.1 Å². The van der Waals surface area contributed by atoms with Gasteiger partial charge in [0.15, 0.2) is 0 Å². The average Bonchev–Trinajstić information content (AvgIpc) is 2.60. The number of anilines is 1. The molecule has 0 saturated carbocycles. The highest BCUT2D eigenvalue weighted by atomic mass is 32.2. The number of nitrogens with one attached hydrogen (secondary N) is 3. The van der Waals surface area contributed by atoms with E-state index in [1.165, 1.54) is 4.90 Å². The number of benzene rings is 2. The monoisotopic (exact) mass is 390 g/mol. The number of quaternary nitrogens is 1. The Kier molecular flexibility index (Phi) is 6.98. The number of amides is 1. The third-order valence-electron chi connectivity index (χ3n) is 4.17. The van der Waals surface area contributed by atoms with Crippen molar-refractivity contribution in [1.82, 2.24) is 5.32 Å². The van der Waals surface area contributed by atoms with Crippen LogP contribution in [-0.2, 0) is 10.0 Å². The standard InChI is InChI=1S/C20H27N3O3S/c1-15-6-7-16(2)19(14-15)27(25,26)22-18-10-8-17(9-11-18)20(24)21-12-5-13-23(3)4/h6-11,14,22H,5,12-13H2,1-4H3,(H,21,24)/p+1. The molecule has 0 aromatic heterocycles. The van der Waals surface area contributed by atoms with Crippen molar-refractivity contribution in [3.8, 4) is 0 Å². The van der Waals surface area contributed by atoms with Gasteiger partial charge in [-0.25, -0.2) is 8.42 Å². The molecule has 2 aromatic carbocycles. The van der Waals surface area contributed by atoms with Crippen molar-refractivity contribution < 1.29 is 18.1 Å². The molecule has 27 heavy (non-hydrogen) atoms. The zero-order chi connectivity index (χ0) is 20.0. The SMILES string of the molecule is Cc1ccc(C)c(S(=O)(=O)Nc2ccc(C(=O)NCCC[NH+](C)C)cc2)c1. The van der Waals surface area contributed by atoms with E-state index in [0.717, 1.165) is 18.5 Å². The van der Waals surface area contributed by atoms with Crippen molar-refractivity contribution in [2.45, 2.75) is 25.2 Å². The number of hydrogen-bond donors (Lipinski definition) is 3.